The molecule has 0 unspecified atom stereocenters. The van der Waals surface area contributed by atoms with Crippen molar-refractivity contribution >= 4 is 46.9 Å². The summed E-state index contributed by atoms with van der Waals surface area (Å²) in [5.74, 6) is 0.457. The molecule has 0 heterocycles. The molecule has 0 spiro atoms. The van der Waals surface area contributed by atoms with Gasteiger partial charge in [-0.25, -0.2) is 4.99 Å². The van der Waals surface area contributed by atoms with Crippen LogP contribution in [0.15, 0.2) is 35.3 Å². The van der Waals surface area contributed by atoms with Crippen LogP contribution in [0.4, 0.5) is 5.69 Å². The Bertz CT molecular complexity index is 670. The van der Waals surface area contributed by atoms with E-state index in [0.29, 0.717) is 27.8 Å². The maximum Gasteiger partial charge on any atom is 0.181 e. The first-order valence-corrected chi connectivity index (χ1v) is 7.31. The van der Waals surface area contributed by atoms with Gasteiger partial charge in [0, 0.05) is 10.0 Å². The second-order valence-corrected chi connectivity index (χ2v) is 5.40. The van der Waals surface area contributed by atoms with E-state index in [0.717, 1.165) is 0 Å². The smallest absolute Gasteiger partial charge is 0.181 e. The standard InChI is InChI=1S/C15H12Cl3NO2/c1-2-11-12(17)7-13(15(20)14(11)18)19-8-21-10-5-3-9(16)4-6-10/h3-8,20H,2H2,1H3. The second-order valence-electron chi connectivity index (χ2n) is 4.18. The lowest BCUT2D eigenvalue weighted by Gasteiger charge is -2.08. The first-order valence-electron chi connectivity index (χ1n) is 6.17. The van der Waals surface area contributed by atoms with Crippen molar-refractivity contribution in [3.63, 3.8) is 0 Å². The van der Waals surface area contributed by atoms with E-state index < -0.39 is 0 Å². The number of phenols is 1. The number of nitrogens with zero attached hydrogens (tertiary/aromatic N) is 1. The average molecular weight is 345 g/mol. The Labute approximate surface area is 137 Å². The monoisotopic (exact) mass is 343 g/mol. The van der Waals surface area contributed by atoms with Gasteiger partial charge in [0.15, 0.2) is 12.2 Å². The molecule has 1 N–H and O–H groups in total. The second kappa shape index (κ2) is 7.03. The van der Waals surface area contributed by atoms with Crippen molar-refractivity contribution in [3.05, 3.63) is 51.0 Å². The molecule has 0 aliphatic carbocycles. The van der Waals surface area contributed by atoms with Crippen LogP contribution < -0.4 is 4.74 Å². The van der Waals surface area contributed by atoms with E-state index >= 15 is 0 Å². The average Bonchev–Trinajstić information content (AvgIpc) is 2.47. The van der Waals surface area contributed by atoms with Crippen molar-refractivity contribution in [3.8, 4) is 11.5 Å². The highest BCUT2D eigenvalue weighted by atomic mass is 35.5. The Morgan fingerprint density at radius 3 is 2.48 bits per heavy atom. The topological polar surface area (TPSA) is 41.8 Å². The summed E-state index contributed by atoms with van der Waals surface area (Å²) in [6.45, 7) is 1.90. The van der Waals surface area contributed by atoms with Gasteiger partial charge in [0.05, 0.1) is 5.02 Å². The molecular weight excluding hydrogens is 333 g/mol. The molecule has 0 amide bonds. The summed E-state index contributed by atoms with van der Waals surface area (Å²) in [5, 5.41) is 11.3. The van der Waals surface area contributed by atoms with E-state index in [1.165, 1.54) is 6.40 Å². The quantitative estimate of drug-likeness (QED) is 0.575. The number of hydrogen-bond donors (Lipinski definition) is 1. The van der Waals surface area contributed by atoms with Crippen LogP contribution in [0.25, 0.3) is 0 Å². The van der Waals surface area contributed by atoms with Crippen LogP contribution in [0, 0.1) is 0 Å². The maximum atomic E-state index is 9.99. The predicted molar refractivity (Wildman–Crippen MR) is 87.7 cm³/mol. The van der Waals surface area contributed by atoms with Gasteiger partial charge in [-0.15, -0.1) is 0 Å². The molecule has 21 heavy (non-hydrogen) atoms. The van der Waals surface area contributed by atoms with Crippen molar-refractivity contribution in [2.75, 3.05) is 0 Å². The van der Waals surface area contributed by atoms with E-state index in [9.17, 15) is 5.11 Å². The molecule has 0 aromatic heterocycles. The van der Waals surface area contributed by atoms with Crippen LogP contribution in [0.3, 0.4) is 0 Å². The Kier molecular flexibility index (Phi) is 5.34. The summed E-state index contributed by atoms with van der Waals surface area (Å²) in [4.78, 5) is 4.02. The molecule has 2 aromatic rings. The third-order valence-corrected chi connectivity index (χ3v) is 3.81. The SMILES string of the molecule is CCc1c(Cl)cc(N=COc2ccc(Cl)cc2)c(O)c1Cl. The first kappa shape index (κ1) is 16.0. The molecule has 2 aromatic carbocycles. The lowest BCUT2D eigenvalue weighted by atomic mass is 10.1. The molecule has 0 saturated carbocycles. The maximum absolute atomic E-state index is 9.99. The normalized spacial score (nSPS) is 11.0. The molecule has 3 nitrogen and oxygen atoms in total. The third-order valence-electron chi connectivity index (χ3n) is 2.81. The van der Waals surface area contributed by atoms with Crippen LogP contribution in [0.2, 0.25) is 15.1 Å². The molecule has 0 bridgehead atoms. The Balaban J connectivity index is 2.19. The van der Waals surface area contributed by atoms with Gasteiger partial charge >= 0.3 is 0 Å². The van der Waals surface area contributed by atoms with Gasteiger partial charge in [-0.2, -0.15) is 0 Å². The minimum Gasteiger partial charge on any atom is -0.504 e. The molecule has 0 aliphatic rings. The Hall–Kier alpha value is -1.42. The zero-order valence-electron chi connectivity index (χ0n) is 11.1. The molecule has 0 fully saturated rings. The van der Waals surface area contributed by atoms with E-state index in [4.69, 9.17) is 39.5 Å². The molecule has 6 heteroatoms. The van der Waals surface area contributed by atoms with Gasteiger partial charge in [0.1, 0.15) is 11.4 Å². The number of phenolic OH excluding ortho intramolecular Hbond substituents is 1. The van der Waals surface area contributed by atoms with Crippen molar-refractivity contribution in [2.45, 2.75) is 13.3 Å². The molecule has 2 rings (SSSR count). The van der Waals surface area contributed by atoms with Gasteiger partial charge in [0.25, 0.3) is 0 Å². The van der Waals surface area contributed by atoms with E-state index in [1.807, 2.05) is 6.92 Å². The summed E-state index contributed by atoms with van der Waals surface area (Å²) in [5.41, 5.74) is 0.935. The van der Waals surface area contributed by atoms with Gasteiger partial charge in [-0.1, -0.05) is 41.7 Å². The molecule has 110 valence electrons. The number of benzene rings is 2. The number of hydrogen-bond acceptors (Lipinski definition) is 3. The fourth-order valence-corrected chi connectivity index (χ4v) is 2.55. The zero-order valence-corrected chi connectivity index (χ0v) is 13.4. The summed E-state index contributed by atoms with van der Waals surface area (Å²) in [6, 6.07) is 8.35. The lowest BCUT2D eigenvalue weighted by Crippen LogP contribution is -1.90. The van der Waals surface area contributed by atoms with Crippen LogP contribution in [0.5, 0.6) is 11.5 Å². The lowest BCUT2D eigenvalue weighted by molar-refractivity contribution is 0.476. The summed E-state index contributed by atoms with van der Waals surface area (Å²) >= 11 is 17.9. The predicted octanol–water partition coefficient (Wildman–Crippen LogP) is 5.65. The van der Waals surface area contributed by atoms with Crippen LogP contribution >= 0.6 is 34.8 Å². The number of ether oxygens (including phenoxy) is 1. The molecule has 0 saturated heterocycles. The molecule has 0 aliphatic heterocycles. The van der Waals surface area contributed by atoms with E-state index in [1.54, 1.807) is 30.3 Å². The van der Waals surface area contributed by atoms with Crippen molar-refractivity contribution in [1.29, 1.82) is 0 Å². The first-order chi connectivity index (χ1) is 10.0. The highest BCUT2D eigenvalue weighted by Gasteiger charge is 2.13. The van der Waals surface area contributed by atoms with E-state index in [2.05, 4.69) is 4.99 Å². The summed E-state index contributed by atoms with van der Waals surface area (Å²) in [6.07, 6.45) is 1.83. The number of aromatic hydroxyl groups is 1. The Morgan fingerprint density at radius 2 is 1.86 bits per heavy atom. The van der Waals surface area contributed by atoms with Crippen molar-refractivity contribution in [1.82, 2.24) is 0 Å². The third kappa shape index (κ3) is 3.82. The van der Waals surface area contributed by atoms with Gasteiger partial charge < -0.3 is 9.84 Å². The minimum atomic E-state index is -0.117. The van der Waals surface area contributed by atoms with Gasteiger partial charge in [-0.05, 0) is 42.3 Å². The Morgan fingerprint density at radius 1 is 1.19 bits per heavy atom. The van der Waals surface area contributed by atoms with E-state index in [-0.39, 0.29) is 16.5 Å². The van der Waals surface area contributed by atoms with Crippen LogP contribution in [-0.2, 0) is 6.42 Å². The van der Waals surface area contributed by atoms with Crippen LogP contribution in [0.1, 0.15) is 12.5 Å². The molecule has 0 atom stereocenters. The summed E-state index contributed by atoms with van der Waals surface area (Å²) in [7, 11) is 0. The van der Waals surface area contributed by atoms with Crippen molar-refractivity contribution in [2.24, 2.45) is 4.99 Å². The fraction of sp³-hybridized carbons (Fsp3) is 0.133. The summed E-state index contributed by atoms with van der Waals surface area (Å²) < 4.78 is 5.31. The van der Waals surface area contributed by atoms with Gasteiger partial charge in [-0.3, -0.25) is 0 Å². The molecular formula is C15H12Cl3NO2. The zero-order chi connectivity index (χ0) is 15.4. The van der Waals surface area contributed by atoms with Crippen LogP contribution in [-0.4, -0.2) is 11.5 Å². The van der Waals surface area contributed by atoms with Crippen molar-refractivity contribution < 1.29 is 9.84 Å². The fourth-order valence-electron chi connectivity index (χ4n) is 1.72. The van der Waals surface area contributed by atoms with Gasteiger partial charge in [0.2, 0.25) is 0 Å². The number of rotatable bonds is 4. The highest BCUT2D eigenvalue weighted by Crippen LogP contribution is 2.40. The minimum absolute atomic E-state index is 0.117. The largest absolute Gasteiger partial charge is 0.504 e. The highest BCUT2D eigenvalue weighted by molar-refractivity contribution is 6.37. The number of aliphatic imine (C=N–C) groups is 1. The molecule has 0 radical (unpaired) electrons. The number of halogens is 3.